The molecule has 0 spiro atoms. The maximum absolute atomic E-state index is 12.1. The summed E-state index contributed by atoms with van der Waals surface area (Å²) >= 11 is 1.09. The van der Waals surface area contributed by atoms with Gasteiger partial charge in [0.15, 0.2) is 0 Å². The minimum Gasteiger partial charge on any atom is -0.398 e. The molecule has 0 aliphatic carbocycles. The number of sulfonamides is 1. The zero-order valence-electron chi connectivity index (χ0n) is 10.7. The van der Waals surface area contributed by atoms with E-state index in [0.29, 0.717) is 24.2 Å². The maximum atomic E-state index is 12.1. The van der Waals surface area contributed by atoms with Gasteiger partial charge >= 0.3 is 0 Å². The summed E-state index contributed by atoms with van der Waals surface area (Å²) in [4.78, 5) is 0. The van der Waals surface area contributed by atoms with Crippen LogP contribution in [0.4, 0.5) is 11.4 Å². The van der Waals surface area contributed by atoms with Gasteiger partial charge in [-0.25, -0.2) is 8.42 Å². The molecule has 1 aromatic carbocycles. The summed E-state index contributed by atoms with van der Waals surface area (Å²) in [5, 5.41) is 10.4. The molecule has 1 heterocycles. The van der Waals surface area contributed by atoms with E-state index in [-0.39, 0.29) is 10.8 Å². The molecule has 7 heteroatoms. The fourth-order valence-corrected chi connectivity index (χ4v) is 3.88. The number of thiophene rings is 1. The van der Waals surface area contributed by atoms with E-state index in [9.17, 15) is 8.42 Å². The van der Waals surface area contributed by atoms with Crippen LogP contribution in [0.3, 0.4) is 0 Å². The van der Waals surface area contributed by atoms with Crippen molar-refractivity contribution in [1.29, 1.82) is 0 Å². The first-order valence-electron chi connectivity index (χ1n) is 6.08. The third kappa shape index (κ3) is 3.72. The van der Waals surface area contributed by atoms with Gasteiger partial charge in [-0.05, 0) is 36.6 Å². The fourth-order valence-electron chi connectivity index (χ4n) is 1.75. The van der Waals surface area contributed by atoms with Crippen molar-refractivity contribution < 1.29 is 13.5 Å². The zero-order chi connectivity index (χ0) is 14.6. The van der Waals surface area contributed by atoms with E-state index >= 15 is 0 Å². The van der Waals surface area contributed by atoms with Crippen molar-refractivity contribution in [2.45, 2.75) is 17.1 Å². The number of aryl methyl sites for hydroxylation is 1. The lowest BCUT2D eigenvalue weighted by molar-refractivity contribution is 0.288. The molecule has 2 rings (SSSR count). The summed E-state index contributed by atoms with van der Waals surface area (Å²) in [6, 6.07) is 8.58. The van der Waals surface area contributed by atoms with Crippen molar-refractivity contribution in [2.24, 2.45) is 0 Å². The summed E-state index contributed by atoms with van der Waals surface area (Å²) in [5.74, 6) is 0. The number of nitrogens with one attached hydrogen (secondary N) is 1. The number of benzene rings is 1. The molecule has 20 heavy (non-hydrogen) atoms. The topological polar surface area (TPSA) is 92.4 Å². The molecule has 5 nitrogen and oxygen atoms in total. The Balaban J connectivity index is 2.17. The first kappa shape index (κ1) is 14.8. The van der Waals surface area contributed by atoms with E-state index in [2.05, 4.69) is 4.72 Å². The van der Waals surface area contributed by atoms with Gasteiger partial charge in [-0.15, -0.1) is 11.3 Å². The molecule has 0 fully saturated rings. The Morgan fingerprint density at radius 2 is 2.10 bits per heavy atom. The van der Waals surface area contributed by atoms with Crippen LogP contribution in [-0.2, 0) is 16.4 Å². The van der Waals surface area contributed by atoms with Gasteiger partial charge in [-0.1, -0.05) is 12.1 Å². The molecule has 108 valence electrons. The molecule has 1 aromatic heterocycles. The van der Waals surface area contributed by atoms with E-state index < -0.39 is 10.0 Å². The van der Waals surface area contributed by atoms with Gasteiger partial charge in [0.05, 0.1) is 0 Å². The number of hydrogen-bond donors (Lipinski definition) is 3. The quantitative estimate of drug-likeness (QED) is 0.761. The molecule has 0 atom stereocenters. The SMILES string of the molecule is Nc1csc(S(=O)(=O)Nc2cccc(CCCO)c2)c1. The lowest BCUT2D eigenvalue weighted by Crippen LogP contribution is -2.11. The van der Waals surface area contributed by atoms with Gasteiger partial charge in [-0.3, -0.25) is 4.72 Å². The largest absolute Gasteiger partial charge is 0.398 e. The van der Waals surface area contributed by atoms with Gasteiger partial charge < -0.3 is 10.8 Å². The number of nitrogen functional groups attached to an aromatic ring is 1. The Kier molecular flexibility index (Phi) is 4.64. The maximum Gasteiger partial charge on any atom is 0.271 e. The third-order valence-corrected chi connectivity index (χ3v) is 5.50. The molecule has 0 amide bonds. The van der Waals surface area contributed by atoms with Crippen LogP contribution in [0.5, 0.6) is 0 Å². The molecule has 0 saturated heterocycles. The van der Waals surface area contributed by atoms with Crippen LogP contribution < -0.4 is 10.5 Å². The summed E-state index contributed by atoms with van der Waals surface area (Å²) < 4.78 is 27.0. The van der Waals surface area contributed by atoms with Crippen LogP contribution in [0, 0.1) is 0 Å². The van der Waals surface area contributed by atoms with E-state index in [4.69, 9.17) is 10.8 Å². The fraction of sp³-hybridized carbons (Fsp3) is 0.231. The molecule has 4 N–H and O–H groups in total. The summed E-state index contributed by atoms with van der Waals surface area (Å²) in [7, 11) is -3.59. The second-order valence-corrected chi connectivity index (χ2v) is 7.15. The van der Waals surface area contributed by atoms with Crippen LogP contribution in [0.25, 0.3) is 0 Å². The predicted octanol–water partition coefficient (Wildman–Crippen LogP) is 2.06. The molecule has 0 aliphatic heterocycles. The van der Waals surface area contributed by atoms with Crippen molar-refractivity contribution in [1.82, 2.24) is 0 Å². The monoisotopic (exact) mass is 312 g/mol. The lowest BCUT2D eigenvalue weighted by atomic mass is 10.1. The second kappa shape index (κ2) is 6.25. The number of aliphatic hydroxyl groups is 1. The average Bonchev–Trinajstić information content (AvgIpc) is 2.84. The number of anilines is 2. The molecule has 0 radical (unpaired) electrons. The lowest BCUT2D eigenvalue weighted by Gasteiger charge is -2.08. The van der Waals surface area contributed by atoms with Gasteiger partial charge in [0.2, 0.25) is 0 Å². The van der Waals surface area contributed by atoms with Crippen LogP contribution in [0.15, 0.2) is 39.9 Å². The molecule has 0 aliphatic rings. The van der Waals surface area contributed by atoms with Gasteiger partial charge in [0, 0.05) is 23.4 Å². The predicted molar refractivity (Wildman–Crippen MR) is 81.4 cm³/mol. The van der Waals surface area contributed by atoms with E-state index in [0.717, 1.165) is 16.9 Å². The Morgan fingerprint density at radius 3 is 2.75 bits per heavy atom. The highest BCUT2D eigenvalue weighted by Gasteiger charge is 2.16. The molecule has 0 saturated carbocycles. The summed E-state index contributed by atoms with van der Waals surface area (Å²) in [6.07, 6.45) is 1.36. The minimum absolute atomic E-state index is 0.116. The van der Waals surface area contributed by atoms with Crippen molar-refractivity contribution >= 4 is 32.7 Å². The number of aliphatic hydroxyl groups excluding tert-OH is 1. The Hall–Kier alpha value is -1.57. The number of rotatable bonds is 6. The van der Waals surface area contributed by atoms with Gasteiger partial charge in [-0.2, -0.15) is 0 Å². The Bertz CT molecular complexity index is 680. The third-order valence-electron chi connectivity index (χ3n) is 2.66. The number of nitrogens with two attached hydrogens (primary N) is 1. The van der Waals surface area contributed by atoms with Gasteiger partial charge in [0.1, 0.15) is 4.21 Å². The highest BCUT2D eigenvalue weighted by Crippen LogP contribution is 2.24. The molecule has 0 unspecified atom stereocenters. The molecule has 2 aromatic rings. The average molecular weight is 312 g/mol. The molecular formula is C13H16N2O3S2. The van der Waals surface area contributed by atoms with Crippen LogP contribution in [0.1, 0.15) is 12.0 Å². The normalized spacial score (nSPS) is 11.4. The van der Waals surface area contributed by atoms with Crippen LogP contribution in [-0.4, -0.2) is 20.1 Å². The first-order chi connectivity index (χ1) is 9.51. The van der Waals surface area contributed by atoms with Crippen molar-refractivity contribution in [2.75, 3.05) is 17.1 Å². The summed E-state index contributed by atoms with van der Waals surface area (Å²) in [5.41, 5.74) is 7.46. The summed E-state index contributed by atoms with van der Waals surface area (Å²) in [6.45, 7) is 0.116. The first-order valence-corrected chi connectivity index (χ1v) is 8.44. The standard InChI is InChI=1S/C13H16N2O3S2/c14-11-8-13(19-9-11)20(17,18)15-12-5-1-3-10(7-12)4-2-6-16/h1,3,5,7-9,15-16H,2,4,6,14H2. The highest BCUT2D eigenvalue weighted by atomic mass is 32.2. The van der Waals surface area contributed by atoms with Gasteiger partial charge in [0.25, 0.3) is 10.0 Å². The smallest absolute Gasteiger partial charge is 0.271 e. The van der Waals surface area contributed by atoms with Crippen molar-refractivity contribution in [3.63, 3.8) is 0 Å². The van der Waals surface area contributed by atoms with E-state index in [1.807, 2.05) is 6.07 Å². The van der Waals surface area contributed by atoms with Crippen molar-refractivity contribution in [3.05, 3.63) is 41.3 Å². The van der Waals surface area contributed by atoms with E-state index in [1.54, 1.807) is 23.6 Å². The molecular weight excluding hydrogens is 296 g/mol. The molecule has 0 bridgehead atoms. The van der Waals surface area contributed by atoms with Crippen LogP contribution in [0.2, 0.25) is 0 Å². The van der Waals surface area contributed by atoms with Crippen molar-refractivity contribution in [3.8, 4) is 0 Å². The van der Waals surface area contributed by atoms with Crippen LogP contribution >= 0.6 is 11.3 Å². The zero-order valence-corrected chi connectivity index (χ0v) is 12.4. The second-order valence-electron chi connectivity index (χ2n) is 4.33. The minimum atomic E-state index is -3.59. The highest BCUT2D eigenvalue weighted by molar-refractivity contribution is 7.94. The number of hydrogen-bond acceptors (Lipinski definition) is 5. The van der Waals surface area contributed by atoms with E-state index in [1.165, 1.54) is 6.07 Å². The Labute approximate surface area is 122 Å². The Morgan fingerprint density at radius 1 is 1.30 bits per heavy atom.